The van der Waals surface area contributed by atoms with Gasteiger partial charge in [-0.3, -0.25) is 9.79 Å². The van der Waals surface area contributed by atoms with Crippen LogP contribution in [-0.4, -0.2) is 38.5 Å². The van der Waals surface area contributed by atoms with Gasteiger partial charge in [0.1, 0.15) is 0 Å². The number of hydrogen-bond acceptors (Lipinski definition) is 3. The maximum atomic E-state index is 11.8. The molecule has 0 fully saturated rings. The van der Waals surface area contributed by atoms with Crippen LogP contribution in [0.3, 0.4) is 0 Å². The van der Waals surface area contributed by atoms with Crippen LogP contribution >= 0.6 is 0 Å². The van der Waals surface area contributed by atoms with Crippen molar-refractivity contribution in [1.29, 1.82) is 0 Å². The molecule has 6 heteroatoms. The minimum absolute atomic E-state index is 0.176. The average molecular weight is 370 g/mol. The first-order valence-corrected chi connectivity index (χ1v) is 9.26. The van der Waals surface area contributed by atoms with Gasteiger partial charge in [-0.2, -0.15) is 0 Å². The molecule has 0 spiro atoms. The summed E-state index contributed by atoms with van der Waals surface area (Å²) in [6, 6.07) is 12.1. The third-order valence-electron chi connectivity index (χ3n) is 4.20. The molecule has 0 atom stereocenters. The highest BCUT2D eigenvalue weighted by molar-refractivity contribution is 5.91. The van der Waals surface area contributed by atoms with Gasteiger partial charge in [-0.25, -0.2) is 0 Å². The molecule has 0 bridgehead atoms. The Hall–Kier alpha value is -2.76. The summed E-state index contributed by atoms with van der Waals surface area (Å²) in [6.07, 6.45) is 2.40. The number of benzene rings is 1. The molecule has 0 unspecified atom stereocenters. The molecule has 0 saturated carbocycles. The highest BCUT2D eigenvalue weighted by Gasteiger charge is 2.12. The molecule has 0 radical (unpaired) electrons. The van der Waals surface area contributed by atoms with Crippen LogP contribution in [0.15, 0.2) is 52.1 Å². The fraction of sp³-hybridized carbons (Fsp3) is 0.429. The molecule has 146 valence electrons. The summed E-state index contributed by atoms with van der Waals surface area (Å²) < 4.78 is 5.05. The number of carbonyl (C=O) groups excluding carboxylic acids is 1. The van der Waals surface area contributed by atoms with E-state index in [0.29, 0.717) is 24.8 Å². The van der Waals surface area contributed by atoms with E-state index in [2.05, 4.69) is 66.0 Å². The number of nitrogens with one attached hydrogen (secondary N) is 3. The first kappa shape index (κ1) is 20.6. The van der Waals surface area contributed by atoms with Crippen LogP contribution in [0, 0.1) is 0 Å². The normalized spacial score (nSPS) is 11.9. The van der Waals surface area contributed by atoms with Crippen molar-refractivity contribution in [3.8, 4) is 0 Å². The largest absolute Gasteiger partial charge is 0.459 e. The van der Waals surface area contributed by atoms with Crippen molar-refractivity contribution in [2.24, 2.45) is 4.99 Å². The molecule has 1 aromatic carbocycles. The fourth-order valence-electron chi connectivity index (χ4n) is 2.57. The van der Waals surface area contributed by atoms with Gasteiger partial charge in [-0.05, 0) is 35.1 Å². The van der Waals surface area contributed by atoms with E-state index in [0.717, 1.165) is 13.0 Å². The van der Waals surface area contributed by atoms with Gasteiger partial charge in [0, 0.05) is 26.7 Å². The monoisotopic (exact) mass is 370 g/mol. The van der Waals surface area contributed by atoms with Gasteiger partial charge in [0.2, 0.25) is 0 Å². The lowest BCUT2D eigenvalue weighted by atomic mass is 9.86. The number of hydrogen-bond donors (Lipinski definition) is 3. The van der Waals surface area contributed by atoms with E-state index in [1.807, 2.05) is 0 Å². The van der Waals surface area contributed by atoms with Crippen molar-refractivity contribution in [3.05, 3.63) is 59.5 Å². The third kappa shape index (κ3) is 6.81. The molecule has 1 aromatic heterocycles. The lowest BCUT2D eigenvalue weighted by molar-refractivity contribution is 0.0926. The molecule has 2 aromatic rings. The van der Waals surface area contributed by atoms with Crippen molar-refractivity contribution in [2.75, 3.05) is 26.7 Å². The molecular formula is C21H30N4O2. The van der Waals surface area contributed by atoms with Crippen LogP contribution in [0.25, 0.3) is 0 Å². The van der Waals surface area contributed by atoms with Crippen molar-refractivity contribution < 1.29 is 9.21 Å². The van der Waals surface area contributed by atoms with E-state index in [9.17, 15) is 4.79 Å². The van der Waals surface area contributed by atoms with Gasteiger partial charge in [0.05, 0.1) is 6.26 Å². The Bertz CT molecular complexity index is 729. The second kappa shape index (κ2) is 9.80. The number of furan rings is 1. The Morgan fingerprint density at radius 2 is 1.67 bits per heavy atom. The number of nitrogens with zero attached hydrogens (tertiary/aromatic N) is 1. The van der Waals surface area contributed by atoms with Gasteiger partial charge in [0.25, 0.3) is 5.91 Å². The zero-order chi connectivity index (χ0) is 19.7. The smallest absolute Gasteiger partial charge is 0.287 e. The van der Waals surface area contributed by atoms with Gasteiger partial charge in [-0.1, -0.05) is 45.0 Å². The quantitative estimate of drug-likeness (QED) is 0.398. The summed E-state index contributed by atoms with van der Waals surface area (Å²) in [7, 11) is 1.73. The maximum Gasteiger partial charge on any atom is 0.287 e. The maximum absolute atomic E-state index is 11.8. The highest BCUT2D eigenvalue weighted by atomic mass is 16.3. The standard InChI is InChI=1S/C21H30N4O2/c1-21(2,3)17-9-7-16(8-10-17)11-12-24-20(22-4)25-14-13-23-19(26)18-6-5-15-27-18/h5-10,15H,11-14H2,1-4H3,(H,23,26)(H2,22,24,25). The molecule has 0 aliphatic rings. The van der Waals surface area contributed by atoms with Crippen LogP contribution in [-0.2, 0) is 11.8 Å². The first-order valence-electron chi connectivity index (χ1n) is 9.26. The molecule has 1 amide bonds. The van der Waals surface area contributed by atoms with Crippen LogP contribution in [0.5, 0.6) is 0 Å². The Morgan fingerprint density at radius 1 is 1.00 bits per heavy atom. The van der Waals surface area contributed by atoms with E-state index in [4.69, 9.17) is 4.42 Å². The van der Waals surface area contributed by atoms with Crippen molar-refractivity contribution in [1.82, 2.24) is 16.0 Å². The first-order chi connectivity index (χ1) is 12.9. The zero-order valence-electron chi connectivity index (χ0n) is 16.6. The SMILES string of the molecule is CN=C(NCCNC(=O)c1ccco1)NCCc1ccc(C(C)(C)C)cc1. The van der Waals surface area contributed by atoms with Gasteiger partial charge in [0.15, 0.2) is 11.7 Å². The second-order valence-corrected chi connectivity index (χ2v) is 7.36. The summed E-state index contributed by atoms with van der Waals surface area (Å²) in [4.78, 5) is 16.0. The van der Waals surface area contributed by atoms with Gasteiger partial charge < -0.3 is 20.4 Å². The van der Waals surface area contributed by atoms with Gasteiger partial charge >= 0.3 is 0 Å². The van der Waals surface area contributed by atoms with Crippen molar-refractivity contribution in [3.63, 3.8) is 0 Å². The van der Waals surface area contributed by atoms with E-state index in [-0.39, 0.29) is 11.3 Å². The minimum atomic E-state index is -0.219. The lowest BCUT2D eigenvalue weighted by Crippen LogP contribution is -2.42. The molecule has 1 heterocycles. The van der Waals surface area contributed by atoms with Crippen LogP contribution in [0.2, 0.25) is 0 Å². The van der Waals surface area contributed by atoms with Crippen LogP contribution in [0.4, 0.5) is 0 Å². The lowest BCUT2D eigenvalue weighted by Gasteiger charge is -2.19. The van der Waals surface area contributed by atoms with Crippen molar-refractivity contribution >= 4 is 11.9 Å². The average Bonchev–Trinajstić information content (AvgIpc) is 3.18. The highest BCUT2D eigenvalue weighted by Crippen LogP contribution is 2.22. The van der Waals surface area contributed by atoms with Crippen molar-refractivity contribution in [2.45, 2.75) is 32.6 Å². The Balaban J connectivity index is 1.66. The molecular weight excluding hydrogens is 340 g/mol. The fourth-order valence-corrected chi connectivity index (χ4v) is 2.57. The molecule has 0 aliphatic carbocycles. The summed E-state index contributed by atoms with van der Waals surface area (Å²) in [5, 5.41) is 9.25. The Labute approximate surface area is 161 Å². The summed E-state index contributed by atoms with van der Waals surface area (Å²) in [5.41, 5.74) is 2.81. The number of amides is 1. The molecule has 2 rings (SSSR count). The number of rotatable bonds is 7. The zero-order valence-corrected chi connectivity index (χ0v) is 16.6. The van der Waals surface area contributed by atoms with Gasteiger partial charge in [-0.15, -0.1) is 0 Å². The van der Waals surface area contributed by atoms with Crippen LogP contribution in [0.1, 0.15) is 42.5 Å². The molecule has 0 saturated heterocycles. The van der Waals surface area contributed by atoms with E-state index >= 15 is 0 Å². The molecule has 3 N–H and O–H groups in total. The van der Waals surface area contributed by atoms with E-state index in [1.165, 1.54) is 17.4 Å². The summed E-state index contributed by atoms with van der Waals surface area (Å²) >= 11 is 0. The molecule has 6 nitrogen and oxygen atoms in total. The predicted molar refractivity (Wildman–Crippen MR) is 109 cm³/mol. The third-order valence-corrected chi connectivity index (χ3v) is 4.20. The second-order valence-electron chi connectivity index (χ2n) is 7.36. The number of aliphatic imine (C=N–C) groups is 1. The summed E-state index contributed by atoms with van der Waals surface area (Å²) in [5.74, 6) is 0.812. The molecule has 27 heavy (non-hydrogen) atoms. The van der Waals surface area contributed by atoms with Crippen LogP contribution < -0.4 is 16.0 Å². The summed E-state index contributed by atoms with van der Waals surface area (Å²) in [6.45, 7) is 8.50. The topological polar surface area (TPSA) is 78.7 Å². The number of guanidine groups is 1. The van der Waals surface area contributed by atoms with E-state index < -0.39 is 0 Å². The predicted octanol–water partition coefficient (Wildman–Crippen LogP) is 2.71. The molecule has 0 aliphatic heterocycles. The Morgan fingerprint density at radius 3 is 2.26 bits per heavy atom. The number of carbonyl (C=O) groups is 1. The Kier molecular flexibility index (Phi) is 7.46. The van der Waals surface area contributed by atoms with E-state index in [1.54, 1.807) is 19.2 Å². The minimum Gasteiger partial charge on any atom is -0.459 e.